The fraction of sp³-hybridized carbons (Fsp3) is 0.800. The summed E-state index contributed by atoms with van der Waals surface area (Å²) in [5.41, 5.74) is 0. The molecule has 3 nitrogen and oxygen atoms in total. The van der Waals surface area contributed by atoms with Gasteiger partial charge in [-0.2, -0.15) is 5.26 Å². The van der Waals surface area contributed by atoms with Crippen LogP contribution in [0.25, 0.3) is 0 Å². The van der Waals surface area contributed by atoms with Crippen LogP contribution in [0.3, 0.4) is 0 Å². The van der Waals surface area contributed by atoms with E-state index in [4.69, 9.17) is 10.4 Å². The molecule has 0 heterocycles. The van der Waals surface area contributed by atoms with Crippen LogP contribution in [0.2, 0.25) is 0 Å². The van der Waals surface area contributed by atoms with Gasteiger partial charge in [0.25, 0.3) is 0 Å². The average molecular weight is 183 g/mol. The minimum atomic E-state index is -0.880. The third kappa shape index (κ3) is 3.93. The number of carboxylic acids is 1. The Morgan fingerprint density at radius 2 is 2.08 bits per heavy atom. The van der Waals surface area contributed by atoms with E-state index in [1.54, 1.807) is 6.92 Å². The Bertz CT molecular complexity index is 207. The molecule has 74 valence electrons. The van der Waals surface area contributed by atoms with Gasteiger partial charge in [0.1, 0.15) is 0 Å². The third-order valence-corrected chi connectivity index (χ3v) is 2.51. The molecule has 0 bridgehead atoms. The third-order valence-electron chi connectivity index (χ3n) is 2.51. The fourth-order valence-electron chi connectivity index (χ4n) is 1.14. The van der Waals surface area contributed by atoms with Crippen LogP contribution in [-0.4, -0.2) is 11.1 Å². The monoisotopic (exact) mass is 183 g/mol. The molecule has 0 spiro atoms. The first-order valence-corrected chi connectivity index (χ1v) is 4.65. The Balaban J connectivity index is 4.20. The second-order valence-electron chi connectivity index (χ2n) is 3.61. The van der Waals surface area contributed by atoms with Crippen LogP contribution in [0.4, 0.5) is 0 Å². The van der Waals surface area contributed by atoms with E-state index in [9.17, 15) is 4.79 Å². The highest BCUT2D eigenvalue weighted by atomic mass is 16.4. The van der Waals surface area contributed by atoms with Gasteiger partial charge in [0.2, 0.25) is 0 Å². The molecular weight excluding hydrogens is 166 g/mol. The summed E-state index contributed by atoms with van der Waals surface area (Å²) in [5, 5.41) is 17.5. The molecule has 0 aromatic rings. The molecule has 0 aliphatic carbocycles. The highest BCUT2D eigenvalue weighted by Gasteiger charge is 2.24. The van der Waals surface area contributed by atoms with Crippen molar-refractivity contribution in [3.05, 3.63) is 0 Å². The first-order valence-electron chi connectivity index (χ1n) is 4.65. The topological polar surface area (TPSA) is 61.1 Å². The summed E-state index contributed by atoms with van der Waals surface area (Å²) in [6.45, 7) is 5.68. The molecule has 0 aliphatic rings. The largest absolute Gasteiger partial charge is 0.481 e. The zero-order valence-corrected chi connectivity index (χ0v) is 8.45. The van der Waals surface area contributed by atoms with Gasteiger partial charge in [0.15, 0.2) is 0 Å². The van der Waals surface area contributed by atoms with Gasteiger partial charge < -0.3 is 5.11 Å². The predicted octanol–water partition coefficient (Wildman–Crippen LogP) is 2.28. The maximum Gasteiger partial charge on any atom is 0.307 e. The maximum atomic E-state index is 10.6. The van der Waals surface area contributed by atoms with E-state index in [1.807, 2.05) is 13.8 Å². The summed E-state index contributed by atoms with van der Waals surface area (Å²) >= 11 is 0. The van der Waals surface area contributed by atoms with E-state index in [0.717, 1.165) is 6.42 Å². The number of carboxylic acid groups (broad SMARTS) is 1. The van der Waals surface area contributed by atoms with E-state index in [2.05, 4.69) is 6.07 Å². The lowest BCUT2D eigenvalue weighted by molar-refractivity contribution is -0.142. The first kappa shape index (κ1) is 12.0. The lowest BCUT2D eigenvalue weighted by atomic mass is 9.86. The van der Waals surface area contributed by atoms with Crippen molar-refractivity contribution in [2.75, 3.05) is 0 Å². The fourth-order valence-corrected chi connectivity index (χ4v) is 1.14. The average Bonchev–Trinajstić information content (AvgIpc) is 2.12. The van der Waals surface area contributed by atoms with Crippen LogP contribution < -0.4 is 0 Å². The standard InChI is InChI=1S/C10H17NO2/c1-4-7(2)5-9(6-11)8(3)10(12)13/h7-9H,4-5H2,1-3H3,(H,12,13). The molecule has 1 N–H and O–H groups in total. The molecule has 3 heteroatoms. The van der Waals surface area contributed by atoms with Gasteiger partial charge in [-0.1, -0.05) is 27.2 Å². The van der Waals surface area contributed by atoms with Gasteiger partial charge in [-0.15, -0.1) is 0 Å². The van der Waals surface area contributed by atoms with Crippen LogP contribution in [0.5, 0.6) is 0 Å². The molecular formula is C10H17NO2. The molecule has 0 aliphatic heterocycles. The number of aliphatic carboxylic acids is 1. The van der Waals surface area contributed by atoms with Crippen molar-refractivity contribution in [3.63, 3.8) is 0 Å². The summed E-state index contributed by atoms with van der Waals surface area (Å²) in [5.74, 6) is -1.37. The van der Waals surface area contributed by atoms with Gasteiger partial charge in [0, 0.05) is 0 Å². The van der Waals surface area contributed by atoms with Crippen molar-refractivity contribution in [2.24, 2.45) is 17.8 Å². The number of hydrogen-bond acceptors (Lipinski definition) is 2. The number of nitrogens with zero attached hydrogens (tertiary/aromatic N) is 1. The highest BCUT2D eigenvalue weighted by molar-refractivity contribution is 5.70. The molecule has 0 radical (unpaired) electrons. The van der Waals surface area contributed by atoms with Gasteiger partial charge in [-0.3, -0.25) is 4.79 Å². The Labute approximate surface area is 79.4 Å². The zero-order valence-electron chi connectivity index (χ0n) is 8.45. The molecule has 0 fully saturated rings. The summed E-state index contributed by atoms with van der Waals surface area (Å²) < 4.78 is 0. The lowest BCUT2D eigenvalue weighted by Crippen LogP contribution is -2.21. The van der Waals surface area contributed by atoms with Crippen LogP contribution in [0.15, 0.2) is 0 Å². The maximum absolute atomic E-state index is 10.6. The Hall–Kier alpha value is -1.04. The Kier molecular flexibility index (Phi) is 5.13. The molecule has 0 aromatic carbocycles. The minimum absolute atomic E-state index is 0.354. The summed E-state index contributed by atoms with van der Waals surface area (Å²) in [6, 6.07) is 2.07. The second kappa shape index (κ2) is 5.58. The molecule has 3 atom stereocenters. The van der Waals surface area contributed by atoms with Crippen molar-refractivity contribution in [2.45, 2.75) is 33.6 Å². The van der Waals surface area contributed by atoms with E-state index in [1.165, 1.54) is 0 Å². The van der Waals surface area contributed by atoms with E-state index < -0.39 is 11.9 Å². The summed E-state index contributed by atoms with van der Waals surface area (Å²) in [7, 11) is 0. The molecule has 0 rings (SSSR count). The van der Waals surface area contributed by atoms with Crippen molar-refractivity contribution in [1.29, 1.82) is 5.26 Å². The number of nitriles is 1. The predicted molar refractivity (Wildman–Crippen MR) is 50.0 cm³/mol. The molecule has 0 amide bonds. The Morgan fingerprint density at radius 1 is 1.54 bits per heavy atom. The zero-order chi connectivity index (χ0) is 10.4. The van der Waals surface area contributed by atoms with E-state index >= 15 is 0 Å². The quantitative estimate of drug-likeness (QED) is 0.711. The van der Waals surface area contributed by atoms with Gasteiger partial charge in [0.05, 0.1) is 17.9 Å². The lowest BCUT2D eigenvalue weighted by Gasteiger charge is -2.16. The molecule has 13 heavy (non-hydrogen) atoms. The summed E-state index contributed by atoms with van der Waals surface area (Å²) in [4.78, 5) is 10.6. The summed E-state index contributed by atoms with van der Waals surface area (Å²) in [6.07, 6.45) is 1.67. The van der Waals surface area contributed by atoms with Gasteiger partial charge >= 0.3 is 5.97 Å². The highest BCUT2D eigenvalue weighted by Crippen LogP contribution is 2.21. The minimum Gasteiger partial charge on any atom is -0.481 e. The van der Waals surface area contributed by atoms with Crippen molar-refractivity contribution < 1.29 is 9.90 Å². The van der Waals surface area contributed by atoms with Crippen LogP contribution >= 0.6 is 0 Å². The molecule has 0 saturated carbocycles. The SMILES string of the molecule is CCC(C)CC(C#N)C(C)C(=O)O. The van der Waals surface area contributed by atoms with Crippen LogP contribution in [0.1, 0.15) is 33.6 Å². The van der Waals surface area contributed by atoms with Gasteiger partial charge in [-0.25, -0.2) is 0 Å². The molecule has 3 unspecified atom stereocenters. The first-order chi connectivity index (χ1) is 6.02. The smallest absolute Gasteiger partial charge is 0.307 e. The second-order valence-corrected chi connectivity index (χ2v) is 3.61. The van der Waals surface area contributed by atoms with E-state index in [0.29, 0.717) is 12.3 Å². The Morgan fingerprint density at radius 3 is 2.38 bits per heavy atom. The number of rotatable bonds is 5. The van der Waals surface area contributed by atoms with Crippen molar-refractivity contribution in [1.82, 2.24) is 0 Å². The van der Waals surface area contributed by atoms with Crippen LogP contribution in [0, 0.1) is 29.1 Å². The number of carbonyl (C=O) groups is 1. The van der Waals surface area contributed by atoms with E-state index in [-0.39, 0.29) is 5.92 Å². The molecule has 0 saturated heterocycles. The molecule has 0 aromatic heterocycles. The number of hydrogen-bond donors (Lipinski definition) is 1. The van der Waals surface area contributed by atoms with Gasteiger partial charge in [-0.05, 0) is 12.3 Å². The van der Waals surface area contributed by atoms with Crippen molar-refractivity contribution in [3.8, 4) is 6.07 Å². The van der Waals surface area contributed by atoms with Crippen LogP contribution in [-0.2, 0) is 4.79 Å². The van der Waals surface area contributed by atoms with Crippen molar-refractivity contribution >= 4 is 5.97 Å². The normalized spacial score (nSPS) is 17.1.